The van der Waals surface area contributed by atoms with Gasteiger partial charge in [0.2, 0.25) is 0 Å². The highest BCUT2D eigenvalue weighted by molar-refractivity contribution is 7.92. The average Bonchev–Trinajstić information content (AvgIpc) is 2.77. The minimum Gasteiger partial charge on any atom is -0.337 e. The zero-order valence-corrected chi connectivity index (χ0v) is 12.2. The van der Waals surface area contributed by atoms with Crippen molar-refractivity contribution < 1.29 is 8.42 Å². The van der Waals surface area contributed by atoms with Crippen molar-refractivity contribution in [2.75, 3.05) is 10.8 Å². The third-order valence-corrected chi connectivity index (χ3v) is 4.96. The molecule has 1 aromatic carbocycles. The van der Waals surface area contributed by atoms with Crippen LogP contribution in [0.4, 0.5) is 5.82 Å². The quantitative estimate of drug-likeness (QED) is 0.862. The first-order valence-corrected chi connectivity index (χ1v) is 7.61. The molecule has 0 aliphatic heterocycles. The number of aromatic nitrogens is 1. The minimum atomic E-state index is -3.50. The summed E-state index contributed by atoms with van der Waals surface area (Å²) in [7, 11) is -1.66. The van der Waals surface area contributed by atoms with Gasteiger partial charge in [0, 0.05) is 19.8 Å². The average molecular weight is 278 g/mol. The molecule has 0 unspecified atom stereocenters. The molecule has 0 aliphatic rings. The molecule has 0 amide bonds. The van der Waals surface area contributed by atoms with Crippen LogP contribution >= 0.6 is 0 Å². The molecule has 5 heteroatoms. The maximum atomic E-state index is 12.6. The van der Waals surface area contributed by atoms with Crippen LogP contribution < -0.4 is 4.31 Å². The van der Waals surface area contributed by atoms with Crippen LogP contribution in [0.3, 0.4) is 0 Å². The standard InChI is InChI=1S/C14H18N2O2S/c1-4-16(14-6-5-11-15(14)3)19(17,18)13-9-7-12(2)8-10-13/h5-11H,4H2,1-3H3. The van der Waals surface area contributed by atoms with Gasteiger partial charge >= 0.3 is 0 Å². The molecule has 0 fully saturated rings. The van der Waals surface area contributed by atoms with Gasteiger partial charge in [0.25, 0.3) is 10.0 Å². The molecule has 4 nitrogen and oxygen atoms in total. The number of rotatable bonds is 4. The summed E-state index contributed by atoms with van der Waals surface area (Å²) in [6, 6.07) is 10.6. The smallest absolute Gasteiger partial charge is 0.265 e. The van der Waals surface area contributed by atoms with Crippen LogP contribution in [0.5, 0.6) is 0 Å². The summed E-state index contributed by atoms with van der Waals surface area (Å²) in [4.78, 5) is 0.321. The van der Waals surface area contributed by atoms with Crippen molar-refractivity contribution >= 4 is 15.8 Å². The van der Waals surface area contributed by atoms with Crippen molar-refractivity contribution in [1.29, 1.82) is 0 Å². The van der Waals surface area contributed by atoms with Gasteiger partial charge in [-0.1, -0.05) is 17.7 Å². The van der Waals surface area contributed by atoms with Gasteiger partial charge in [0.15, 0.2) is 0 Å². The summed E-state index contributed by atoms with van der Waals surface area (Å²) < 4.78 is 28.5. The zero-order valence-electron chi connectivity index (χ0n) is 11.4. The van der Waals surface area contributed by atoms with Gasteiger partial charge in [0.05, 0.1) is 4.90 Å². The SMILES string of the molecule is CCN(c1cccn1C)S(=O)(=O)c1ccc(C)cc1. The first kappa shape index (κ1) is 13.7. The number of nitrogens with zero attached hydrogens (tertiary/aromatic N) is 2. The monoisotopic (exact) mass is 278 g/mol. The molecule has 0 aliphatic carbocycles. The van der Waals surface area contributed by atoms with Crippen LogP contribution in [0.25, 0.3) is 0 Å². The highest BCUT2D eigenvalue weighted by Gasteiger charge is 2.24. The second kappa shape index (κ2) is 5.09. The summed E-state index contributed by atoms with van der Waals surface area (Å²) >= 11 is 0. The Bertz CT molecular complexity index is 657. The van der Waals surface area contributed by atoms with E-state index in [1.165, 1.54) is 4.31 Å². The molecular formula is C14H18N2O2S. The van der Waals surface area contributed by atoms with E-state index in [4.69, 9.17) is 0 Å². The van der Waals surface area contributed by atoms with E-state index in [1.54, 1.807) is 22.8 Å². The fraction of sp³-hybridized carbons (Fsp3) is 0.286. The number of benzene rings is 1. The molecule has 102 valence electrons. The summed E-state index contributed by atoms with van der Waals surface area (Å²) in [5.74, 6) is 0.670. The van der Waals surface area contributed by atoms with E-state index in [9.17, 15) is 8.42 Å². The molecular weight excluding hydrogens is 260 g/mol. The summed E-state index contributed by atoms with van der Waals surface area (Å²) in [6.45, 7) is 4.16. The first-order valence-electron chi connectivity index (χ1n) is 6.17. The molecule has 0 radical (unpaired) electrons. The molecule has 19 heavy (non-hydrogen) atoms. The molecule has 0 bridgehead atoms. The summed E-state index contributed by atoms with van der Waals surface area (Å²) in [5.41, 5.74) is 1.04. The van der Waals surface area contributed by atoms with Gasteiger partial charge in [0.1, 0.15) is 5.82 Å². The Balaban J connectivity index is 2.48. The molecule has 0 N–H and O–H groups in total. The molecule has 0 atom stereocenters. The predicted octanol–water partition coefficient (Wildman–Crippen LogP) is 2.55. The Kier molecular flexibility index (Phi) is 3.66. The van der Waals surface area contributed by atoms with Crippen LogP contribution in [0, 0.1) is 6.92 Å². The number of sulfonamides is 1. The molecule has 2 rings (SSSR count). The Labute approximate surface area is 114 Å². The van der Waals surface area contributed by atoms with E-state index in [1.807, 2.05) is 45.3 Å². The van der Waals surface area contributed by atoms with Gasteiger partial charge in [-0.15, -0.1) is 0 Å². The van der Waals surface area contributed by atoms with E-state index in [0.29, 0.717) is 17.3 Å². The molecule has 1 aromatic heterocycles. The number of hydrogen-bond acceptors (Lipinski definition) is 2. The van der Waals surface area contributed by atoms with E-state index < -0.39 is 10.0 Å². The van der Waals surface area contributed by atoms with Gasteiger partial charge in [-0.05, 0) is 38.1 Å². The van der Waals surface area contributed by atoms with Crippen LogP contribution in [0.1, 0.15) is 12.5 Å². The second-order valence-electron chi connectivity index (χ2n) is 4.46. The molecule has 1 heterocycles. The van der Waals surface area contributed by atoms with E-state index in [-0.39, 0.29) is 0 Å². The molecule has 0 spiro atoms. The van der Waals surface area contributed by atoms with Crippen LogP contribution in [0.15, 0.2) is 47.5 Å². The third-order valence-electron chi connectivity index (χ3n) is 3.07. The zero-order chi connectivity index (χ0) is 14.0. The van der Waals surface area contributed by atoms with Crippen molar-refractivity contribution in [2.24, 2.45) is 7.05 Å². The molecule has 0 saturated carbocycles. The Morgan fingerprint density at radius 3 is 2.26 bits per heavy atom. The maximum absolute atomic E-state index is 12.6. The number of aryl methyl sites for hydroxylation is 2. The van der Waals surface area contributed by atoms with Crippen LogP contribution in [-0.4, -0.2) is 19.5 Å². The maximum Gasteiger partial charge on any atom is 0.265 e. The van der Waals surface area contributed by atoms with E-state index in [2.05, 4.69) is 0 Å². The minimum absolute atomic E-state index is 0.321. The normalized spacial score (nSPS) is 11.5. The van der Waals surface area contributed by atoms with Crippen molar-refractivity contribution in [3.8, 4) is 0 Å². The summed E-state index contributed by atoms with van der Waals surface area (Å²) in [6.07, 6.45) is 1.84. The fourth-order valence-corrected chi connectivity index (χ4v) is 3.51. The van der Waals surface area contributed by atoms with Crippen molar-refractivity contribution in [2.45, 2.75) is 18.7 Å². The Hall–Kier alpha value is -1.75. The highest BCUT2D eigenvalue weighted by atomic mass is 32.2. The largest absolute Gasteiger partial charge is 0.337 e. The lowest BCUT2D eigenvalue weighted by Crippen LogP contribution is -2.32. The first-order chi connectivity index (χ1) is 8.96. The topological polar surface area (TPSA) is 42.3 Å². The number of anilines is 1. The lowest BCUT2D eigenvalue weighted by molar-refractivity contribution is 0.590. The lowest BCUT2D eigenvalue weighted by Gasteiger charge is -2.23. The van der Waals surface area contributed by atoms with Gasteiger partial charge in [-0.25, -0.2) is 8.42 Å². The lowest BCUT2D eigenvalue weighted by atomic mass is 10.2. The summed E-state index contributed by atoms with van der Waals surface area (Å²) in [5, 5.41) is 0. The van der Waals surface area contributed by atoms with Crippen molar-refractivity contribution in [1.82, 2.24) is 4.57 Å². The Morgan fingerprint density at radius 1 is 1.16 bits per heavy atom. The fourth-order valence-electron chi connectivity index (χ4n) is 2.00. The second-order valence-corrected chi connectivity index (χ2v) is 6.32. The molecule has 2 aromatic rings. The molecule has 0 saturated heterocycles. The Morgan fingerprint density at radius 2 is 1.79 bits per heavy atom. The van der Waals surface area contributed by atoms with Crippen molar-refractivity contribution in [3.05, 3.63) is 48.2 Å². The van der Waals surface area contributed by atoms with Gasteiger partial charge in [-0.2, -0.15) is 0 Å². The van der Waals surface area contributed by atoms with E-state index in [0.717, 1.165) is 5.56 Å². The van der Waals surface area contributed by atoms with Gasteiger partial charge < -0.3 is 4.57 Å². The van der Waals surface area contributed by atoms with E-state index >= 15 is 0 Å². The number of hydrogen-bond donors (Lipinski definition) is 0. The third kappa shape index (κ3) is 2.51. The predicted molar refractivity (Wildman–Crippen MR) is 76.8 cm³/mol. The van der Waals surface area contributed by atoms with Crippen LogP contribution in [-0.2, 0) is 17.1 Å². The highest BCUT2D eigenvalue weighted by Crippen LogP contribution is 2.23. The van der Waals surface area contributed by atoms with Crippen LogP contribution in [0.2, 0.25) is 0 Å². The van der Waals surface area contributed by atoms with Crippen molar-refractivity contribution in [3.63, 3.8) is 0 Å². The van der Waals surface area contributed by atoms with Gasteiger partial charge in [-0.3, -0.25) is 4.31 Å².